The van der Waals surface area contributed by atoms with Crippen LogP contribution in [0.15, 0.2) is 55.2 Å². The lowest BCUT2D eigenvalue weighted by Crippen LogP contribution is -2.35. The number of nitrogens with zero attached hydrogens (tertiary/aromatic N) is 2. The van der Waals surface area contributed by atoms with Gasteiger partial charge in [-0.15, -0.1) is 0 Å². The molecule has 2 amide bonds. The zero-order valence-electron chi connectivity index (χ0n) is 30.5. The molecule has 0 fully saturated rings. The fraction of sp³-hybridized carbons (Fsp3) is 0.444. The Hall–Kier alpha value is -4.38. The number of hydrogen-bond donors (Lipinski definition) is 4. The van der Waals surface area contributed by atoms with Crippen molar-refractivity contribution < 1.29 is 35.5 Å². The lowest BCUT2D eigenvalue weighted by Gasteiger charge is -2.12. The van der Waals surface area contributed by atoms with E-state index >= 15 is 0 Å². The normalized spacial score (nSPS) is 11.9. The summed E-state index contributed by atoms with van der Waals surface area (Å²) in [5, 5.41) is 13.4. The number of benzene rings is 2. The van der Waals surface area contributed by atoms with Gasteiger partial charge in [-0.05, 0) is 88.8 Å². The minimum absolute atomic E-state index is 0.0376. The summed E-state index contributed by atoms with van der Waals surface area (Å²) in [5.41, 5.74) is 5.44. The Balaban J connectivity index is 1.08. The SMILES string of the molecule is Cc1ccc(-c2c(C)noc2C)cc1S(=O)(=O)NCCNC(=O)CCCCCCC(=O)NCCNS(=O)(=O)c1cc(-c2c(C)noc2C)ccc1C. The quantitative estimate of drug-likeness (QED) is 0.0974. The summed E-state index contributed by atoms with van der Waals surface area (Å²) in [6.07, 6.45) is 3.34. The largest absolute Gasteiger partial charge is 0.361 e. The molecule has 0 saturated heterocycles. The highest BCUT2D eigenvalue weighted by molar-refractivity contribution is 7.89. The molecule has 4 aromatic rings. The first kappa shape index (κ1) is 40.4. The standard InChI is InChI=1S/C36H48N6O8S2/c1-23-13-15-29(35-25(3)41-49-27(35)5)21-31(23)51(45,46)39-19-17-37-33(43)11-9-7-8-10-12-34(44)38-18-20-40-52(47,48)32-22-30(16-14-24(32)2)36-26(4)42-50-28(36)6/h13-16,21-22,39-40H,7-12,17-20H2,1-6H3,(H,37,43)(H,38,44). The molecule has 4 rings (SSSR count). The van der Waals surface area contributed by atoms with Crippen molar-refractivity contribution in [2.75, 3.05) is 26.2 Å². The summed E-state index contributed by atoms with van der Waals surface area (Å²) in [5.74, 6) is 0.848. The molecule has 0 unspecified atom stereocenters. The molecular formula is C36H48N6O8S2. The summed E-state index contributed by atoms with van der Waals surface area (Å²) in [4.78, 5) is 24.8. The van der Waals surface area contributed by atoms with Crippen LogP contribution in [0.5, 0.6) is 0 Å². The molecule has 2 heterocycles. The number of hydrogen-bond acceptors (Lipinski definition) is 10. The van der Waals surface area contributed by atoms with Crippen LogP contribution in [-0.2, 0) is 29.6 Å². The number of sulfonamides is 2. The fourth-order valence-electron chi connectivity index (χ4n) is 5.91. The zero-order chi connectivity index (χ0) is 38.1. The summed E-state index contributed by atoms with van der Waals surface area (Å²) in [6, 6.07) is 10.3. The minimum Gasteiger partial charge on any atom is -0.361 e. The van der Waals surface area contributed by atoms with Gasteiger partial charge in [0.2, 0.25) is 31.9 Å². The second-order valence-electron chi connectivity index (χ2n) is 12.8. The fourth-order valence-corrected chi connectivity index (χ4v) is 8.51. The van der Waals surface area contributed by atoms with Gasteiger partial charge in [-0.2, -0.15) is 0 Å². The van der Waals surface area contributed by atoms with E-state index in [1.165, 1.54) is 0 Å². The van der Waals surface area contributed by atoms with Crippen molar-refractivity contribution in [2.45, 2.75) is 89.9 Å². The van der Waals surface area contributed by atoms with E-state index in [-0.39, 0.29) is 60.6 Å². The maximum atomic E-state index is 13.0. The van der Waals surface area contributed by atoms with Crippen LogP contribution >= 0.6 is 0 Å². The van der Waals surface area contributed by atoms with Crippen LogP contribution < -0.4 is 20.1 Å². The van der Waals surface area contributed by atoms with Crippen molar-refractivity contribution in [3.8, 4) is 22.3 Å². The highest BCUT2D eigenvalue weighted by Gasteiger charge is 2.21. The number of aryl methyl sites for hydroxylation is 6. The lowest BCUT2D eigenvalue weighted by molar-refractivity contribution is -0.122. The van der Waals surface area contributed by atoms with Crippen molar-refractivity contribution in [1.29, 1.82) is 0 Å². The first-order valence-electron chi connectivity index (χ1n) is 17.2. The van der Waals surface area contributed by atoms with Crippen molar-refractivity contribution in [1.82, 2.24) is 30.4 Å². The van der Waals surface area contributed by atoms with Crippen LogP contribution in [0.3, 0.4) is 0 Å². The number of amides is 2. The molecule has 0 bridgehead atoms. The Labute approximate surface area is 305 Å². The molecule has 52 heavy (non-hydrogen) atoms. The van der Waals surface area contributed by atoms with E-state index in [1.54, 1.807) is 65.8 Å². The third-order valence-electron chi connectivity index (χ3n) is 8.64. The molecule has 0 radical (unpaired) electrons. The van der Waals surface area contributed by atoms with Crippen LogP contribution in [0.4, 0.5) is 0 Å². The van der Waals surface area contributed by atoms with Gasteiger partial charge in [-0.3, -0.25) is 9.59 Å². The Morgan fingerprint density at radius 3 is 1.31 bits per heavy atom. The Morgan fingerprint density at radius 2 is 0.962 bits per heavy atom. The van der Waals surface area contributed by atoms with Crippen LogP contribution in [0.25, 0.3) is 22.3 Å². The number of carbonyl (C=O) groups excluding carboxylic acids is 2. The third-order valence-corrected chi connectivity index (χ3v) is 11.8. The van der Waals surface area contributed by atoms with Crippen molar-refractivity contribution in [2.24, 2.45) is 0 Å². The van der Waals surface area contributed by atoms with E-state index in [9.17, 15) is 26.4 Å². The van der Waals surface area contributed by atoms with E-state index in [0.29, 0.717) is 58.0 Å². The zero-order valence-corrected chi connectivity index (χ0v) is 32.1. The molecule has 2 aromatic carbocycles. The lowest BCUT2D eigenvalue weighted by atomic mass is 10.0. The molecular weight excluding hydrogens is 709 g/mol. The van der Waals surface area contributed by atoms with Crippen molar-refractivity contribution >= 4 is 31.9 Å². The first-order valence-corrected chi connectivity index (χ1v) is 20.2. The Bertz CT molecular complexity index is 1920. The number of nitrogens with one attached hydrogen (secondary N) is 4. The van der Waals surface area contributed by atoms with Gasteiger partial charge < -0.3 is 19.7 Å². The van der Waals surface area contributed by atoms with Crippen molar-refractivity contribution in [3.63, 3.8) is 0 Å². The second kappa shape index (κ2) is 17.9. The monoisotopic (exact) mass is 756 g/mol. The molecule has 0 saturated carbocycles. The molecule has 14 nitrogen and oxygen atoms in total. The molecule has 0 atom stereocenters. The van der Waals surface area contributed by atoms with Crippen LogP contribution in [0.1, 0.15) is 72.6 Å². The molecule has 2 aromatic heterocycles. The Morgan fingerprint density at radius 1 is 0.577 bits per heavy atom. The van der Waals surface area contributed by atoms with Gasteiger partial charge in [0.1, 0.15) is 11.5 Å². The van der Waals surface area contributed by atoms with Gasteiger partial charge in [0.15, 0.2) is 0 Å². The maximum absolute atomic E-state index is 13.0. The predicted octanol–water partition coefficient (Wildman–Crippen LogP) is 4.68. The van der Waals surface area contributed by atoms with Gasteiger partial charge in [-0.1, -0.05) is 47.4 Å². The van der Waals surface area contributed by atoms with Crippen LogP contribution in [0.2, 0.25) is 0 Å². The van der Waals surface area contributed by atoms with Crippen LogP contribution in [0, 0.1) is 41.5 Å². The number of aromatic nitrogens is 2. The smallest absolute Gasteiger partial charge is 0.240 e. The average molecular weight is 757 g/mol. The molecule has 4 N–H and O–H groups in total. The second-order valence-corrected chi connectivity index (χ2v) is 16.2. The van der Waals surface area contributed by atoms with Gasteiger partial charge in [0.25, 0.3) is 0 Å². The van der Waals surface area contributed by atoms with Crippen LogP contribution in [-0.4, -0.2) is 65.1 Å². The van der Waals surface area contributed by atoms with Crippen molar-refractivity contribution in [3.05, 3.63) is 70.4 Å². The topological polar surface area (TPSA) is 203 Å². The summed E-state index contributed by atoms with van der Waals surface area (Å²) in [7, 11) is -7.64. The van der Waals surface area contributed by atoms with Gasteiger partial charge in [0, 0.05) is 50.1 Å². The minimum atomic E-state index is -3.82. The van der Waals surface area contributed by atoms with Gasteiger partial charge in [-0.25, -0.2) is 26.3 Å². The highest BCUT2D eigenvalue weighted by Crippen LogP contribution is 2.31. The Kier molecular flexibility index (Phi) is 13.9. The number of carbonyl (C=O) groups is 2. The molecule has 282 valence electrons. The first-order chi connectivity index (χ1) is 24.6. The van der Waals surface area contributed by atoms with Gasteiger partial charge in [0.05, 0.1) is 21.2 Å². The summed E-state index contributed by atoms with van der Waals surface area (Å²) >= 11 is 0. The summed E-state index contributed by atoms with van der Waals surface area (Å²) < 4.78 is 67.7. The van der Waals surface area contributed by atoms with E-state index < -0.39 is 20.0 Å². The highest BCUT2D eigenvalue weighted by atomic mass is 32.2. The van der Waals surface area contributed by atoms with E-state index in [0.717, 1.165) is 24.0 Å². The number of rotatable bonds is 19. The van der Waals surface area contributed by atoms with Gasteiger partial charge >= 0.3 is 0 Å². The third kappa shape index (κ3) is 10.6. The predicted molar refractivity (Wildman–Crippen MR) is 196 cm³/mol. The molecule has 0 aliphatic carbocycles. The van der Waals surface area contributed by atoms with E-state index in [4.69, 9.17) is 9.05 Å². The number of unbranched alkanes of at least 4 members (excludes halogenated alkanes) is 3. The maximum Gasteiger partial charge on any atom is 0.240 e. The molecule has 16 heteroatoms. The van der Waals surface area contributed by atoms with E-state index in [1.807, 2.05) is 12.1 Å². The molecule has 0 spiro atoms. The van der Waals surface area contributed by atoms with E-state index in [2.05, 4.69) is 30.4 Å². The molecule has 0 aliphatic rings. The summed E-state index contributed by atoms with van der Waals surface area (Å²) in [6.45, 7) is 11.0. The average Bonchev–Trinajstić information content (AvgIpc) is 3.61. The molecule has 0 aliphatic heterocycles.